The molecule has 2 aromatic rings. The zero-order chi connectivity index (χ0) is 13.5. The Hall–Kier alpha value is -2.34. The van der Waals surface area contributed by atoms with Crippen LogP contribution in [0.25, 0.3) is 0 Å². The number of aromatic nitrogens is 2. The molecule has 0 spiro atoms. The van der Waals surface area contributed by atoms with Gasteiger partial charge < -0.3 is 20.5 Å². The Kier molecular flexibility index (Phi) is 4.52. The fraction of sp³-hybridized carbons (Fsp3) is 0.231. The summed E-state index contributed by atoms with van der Waals surface area (Å²) in [6.07, 6.45) is 1.46. The standard InChI is InChI=1S/C13H16N4O2/c1-19-11-4-2-3-10(7-11)17-13-8-12(14-5-6-18)15-9-16-13/h2-4,7-9,18H,5-6H2,1H3,(H2,14,15,16,17). The molecule has 0 atom stereocenters. The Balaban J connectivity index is 2.09. The normalized spacial score (nSPS) is 10.0. The maximum Gasteiger partial charge on any atom is 0.135 e. The number of methoxy groups -OCH3 is 1. The molecule has 3 N–H and O–H groups in total. The lowest BCUT2D eigenvalue weighted by Gasteiger charge is -2.08. The summed E-state index contributed by atoms with van der Waals surface area (Å²) in [5.74, 6) is 2.11. The van der Waals surface area contributed by atoms with E-state index in [2.05, 4.69) is 20.6 Å². The lowest BCUT2D eigenvalue weighted by molar-refractivity contribution is 0.311. The van der Waals surface area contributed by atoms with Gasteiger partial charge in [0.2, 0.25) is 0 Å². The Morgan fingerprint density at radius 3 is 2.84 bits per heavy atom. The van der Waals surface area contributed by atoms with Crippen LogP contribution in [-0.4, -0.2) is 35.3 Å². The van der Waals surface area contributed by atoms with E-state index in [-0.39, 0.29) is 6.61 Å². The number of aliphatic hydroxyl groups is 1. The van der Waals surface area contributed by atoms with Gasteiger partial charge in [0.25, 0.3) is 0 Å². The zero-order valence-electron chi connectivity index (χ0n) is 10.6. The minimum absolute atomic E-state index is 0.0582. The van der Waals surface area contributed by atoms with E-state index >= 15 is 0 Å². The highest BCUT2D eigenvalue weighted by Gasteiger charge is 2.00. The minimum Gasteiger partial charge on any atom is -0.497 e. The lowest BCUT2D eigenvalue weighted by atomic mass is 10.3. The Morgan fingerprint density at radius 2 is 2.05 bits per heavy atom. The SMILES string of the molecule is COc1cccc(Nc2cc(NCCO)ncn2)c1. The number of benzene rings is 1. The molecule has 2 rings (SSSR count). The Labute approximate surface area is 111 Å². The monoisotopic (exact) mass is 260 g/mol. The molecule has 0 aliphatic heterocycles. The summed E-state index contributed by atoms with van der Waals surface area (Å²) in [4.78, 5) is 8.19. The number of nitrogens with zero attached hydrogens (tertiary/aromatic N) is 2. The molecular formula is C13H16N4O2. The van der Waals surface area contributed by atoms with E-state index in [1.54, 1.807) is 13.2 Å². The molecule has 0 fully saturated rings. The summed E-state index contributed by atoms with van der Waals surface area (Å²) >= 11 is 0. The topological polar surface area (TPSA) is 79.3 Å². The van der Waals surface area contributed by atoms with Crippen LogP contribution in [0, 0.1) is 0 Å². The number of aliphatic hydroxyl groups excluding tert-OH is 1. The molecule has 6 nitrogen and oxygen atoms in total. The first-order chi connectivity index (χ1) is 9.31. The third-order valence-electron chi connectivity index (χ3n) is 2.43. The number of anilines is 3. The maximum absolute atomic E-state index is 8.75. The summed E-state index contributed by atoms with van der Waals surface area (Å²) in [6.45, 7) is 0.512. The van der Waals surface area contributed by atoms with Gasteiger partial charge in [-0.15, -0.1) is 0 Å². The van der Waals surface area contributed by atoms with Crippen LogP contribution in [0.15, 0.2) is 36.7 Å². The second-order valence-electron chi connectivity index (χ2n) is 3.80. The van der Waals surface area contributed by atoms with Gasteiger partial charge in [-0.2, -0.15) is 0 Å². The number of ether oxygens (including phenoxy) is 1. The summed E-state index contributed by atoms with van der Waals surface area (Å²) in [5.41, 5.74) is 0.881. The molecule has 100 valence electrons. The number of nitrogens with one attached hydrogen (secondary N) is 2. The summed E-state index contributed by atoms with van der Waals surface area (Å²) < 4.78 is 5.16. The highest BCUT2D eigenvalue weighted by molar-refractivity contribution is 5.60. The Bertz CT molecular complexity index is 534. The van der Waals surface area contributed by atoms with Crippen molar-refractivity contribution in [1.82, 2.24) is 9.97 Å². The van der Waals surface area contributed by atoms with Crippen molar-refractivity contribution in [3.05, 3.63) is 36.7 Å². The molecular weight excluding hydrogens is 244 g/mol. The lowest BCUT2D eigenvalue weighted by Crippen LogP contribution is -2.07. The van der Waals surface area contributed by atoms with Gasteiger partial charge in [-0.05, 0) is 12.1 Å². The van der Waals surface area contributed by atoms with Crippen molar-refractivity contribution >= 4 is 17.3 Å². The molecule has 6 heteroatoms. The largest absolute Gasteiger partial charge is 0.497 e. The first-order valence-electron chi connectivity index (χ1n) is 5.89. The third kappa shape index (κ3) is 3.82. The van der Waals surface area contributed by atoms with Crippen LogP contribution in [0.4, 0.5) is 17.3 Å². The highest BCUT2D eigenvalue weighted by atomic mass is 16.5. The molecule has 0 bridgehead atoms. The molecule has 0 unspecified atom stereocenters. The van der Waals surface area contributed by atoms with Gasteiger partial charge in [0.1, 0.15) is 23.7 Å². The minimum atomic E-state index is 0.0582. The highest BCUT2D eigenvalue weighted by Crippen LogP contribution is 2.20. The van der Waals surface area contributed by atoms with Crippen molar-refractivity contribution < 1.29 is 9.84 Å². The second-order valence-corrected chi connectivity index (χ2v) is 3.80. The van der Waals surface area contributed by atoms with Crippen LogP contribution in [0.2, 0.25) is 0 Å². The van der Waals surface area contributed by atoms with Gasteiger partial charge in [0, 0.05) is 24.4 Å². The van der Waals surface area contributed by atoms with E-state index in [1.165, 1.54) is 6.33 Å². The van der Waals surface area contributed by atoms with Gasteiger partial charge >= 0.3 is 0 Å². The van der Waals surface area contributed by atoms with E-state index < -0.39 is 0 Å². The number of rotatable bonds is 6. The van der Waals surface area contributed by atoms with Crippen molar-refractivity contribution in [3.8, 4) is 5.75 Å². The summed E-state index contributed by atoms with van der Waals surface area (Å²) in [5, 5.41) is 14.9. The molecule has 0 saturated carbocycles. The van der Waals surface area contributed by atoms with Gasteiger partial charge in [-0.1, -0.05) is 6.07 Å². The van der Waals surface area contributed by atoms with Crippen molar-refractivity contribution in [2.75, 3.05) is 30.9 Å². The molecule has 0 saturated heterocycles. The van der Waals surface area contributed by atoms with Gasteiger partial charge in [-0.3, -0.25) is 0 Å². The molecule has 0 aliphatic rings. The number of hydrogen-bond acceptors (Lipinski definition) is 6. The second kappa shape index (κ2) is 6.55. The predicted octanol–water partition coefficient (Wildman–Crippen LogP) is 1.63. The fourth-order valence-corrected chi connectivity index (χ4v) is 1.56. The van der Waals surface area contributed by atoms with Crippen LogP contribution < -0.4 is 15.4 Å². The Morgan fingerprint density at radius 1 is 1.21 bits per heavy atom. The van der Waals surface area contributed by atoms with Crippen molar-refractivity contribution in [3.63, 3.8) is 0 Å². The smallest absolute Gasteiger partial charge is 0.135 e. The number of hydrogen-bond donors (Lipinski definition) is 3. The van der Waals surface area contributed by atoms with Crippen LogP contribution in [0.3, 0.4) is 0 Å². The molecule has 1 heterocycles. The third-order valence-corrected chi connectivity index (χ3v) is 2.43. The average molecular weight is 260 g/mol. The van der Waals surface area contributed by atoms with Crippen LogP contribution in [0.1, 0.15) is 0 Å². The fourth-order valence-electron chi connectivity index (χ4n) is 1.56. The average Bonchev–Trinajstić information content (AvgIpc) is 2.46. The van der Waals surface area contributed by atoms with E-state index in [1.807, 2.05) is 24.3 Å². The van der Waals surface area contributed by atoms with Crippen molar-refractivity contribution in [2.24, 2.45) is 0 Å². The van der Waals surface area contributed by atoms with Crippen molar-refractivity contribution in [1.29, 1.82) is 0 Å². The molecule has 1 aromatic heterocycles. The maximum atomic E-state index is 8.75. The van der Waals surface area contributed by atoms with E-state index in [4.69, 9.17) is 9.84 Å². The molecule has 1 aromatic carbocycles. The van der Waals surface area contributed by atoms with Gasteiger partial charge in [-0.25, -0.2) is 9.97 Å². The quantitative estimate of drug-likeness (QED) is 0.732. The molecule has 0 aliphatic carbocycles. The molecule has 0 radical (unpaired) electrons. The van der Waals surface area contributed by atoms with Crippen LogP contribution in [-0.2, 0) is 0 Å². The first kappa shape index (κ1) is 13.1. The van der Waals surface area contributed by atoms with E-state index in [0.717, 1.165) is 11.4 Å². The van der Waals surface area contributed by atoms with Crippen molar-refractivity contribution in [2.45, 2.75) is 0 Å². The molecule has 0 amide bonds. The molecule has 19 heavy (non-hydrogen) atoms. The predicted molar refractivity (Wildman–Crippen MR) is 73.9 cm³/mol. The van der Waals surface area contributed by atoms with Crippen LogP contribution in [0.5, 0.6) is 5.75 Å². The van der Waals surface area contributed by atoms with E-state index in [0.29, 0.717) is 18.2 Å². The summed E-state index contributed by atoms with van der Waals surface area (Å²) in [6, 6.07) is 9.34. The van der Waals surface area contributed by atoms with Gasteiger partial charge in [0.15, 0.2) is 0 Å². The van der Waals surface area contributed by atoms with Gasteiger partial charge in [0.05, 0.1) is 13.7 Å². The van der Waals surface area contributed by atoms with E-state index in [9.17, 15) is 0 Å². The zero-order valence-corrected chi connectivity index (χ0v) is 10.6. The first-order valence-corrected chi connectivity index (χ1v) is 5.89. The summed E-state index contributed by atoms with van der Waals surface area (Å²) in [7, 11) is 1.63. The van der Waals surface area contributed by atoms with Crippen LogP contribution >= 0.6 is 0 Å².